The van der Waals surface area contributed by atoms with Gasteiger partial charge in [-0.15, -0.1) is 0 Å². The number of anilines is 1. The van der Waals surface area contributed by atoms with Crippen molar-refractivity contribution in [1.29, 1.82) is 0 Å². The van der Waals surface area contributed by atoms with Gasteiger partial charge >= 0.3 is 0 Å². The number of nitrogens with zero attached hydrogens (tertiary/aromatic N) is 1. The van der Waals surface area contributed by atoms with Gasteiger partial charge in [0.1, 0.15) is 0 Å². The van der Waals surface area contributed by atoms with Crippen molar-refractivity contribution in [2.24, 2.45) is 0 Å². The lowest BCUT2D eigenvalue weighted by molar-refractivity contribution is 0.400. The summed E-state index contributed by atoms with van der Waals surface area (Å²) in [6, 6.07) is 6.93. The number of halogens is 1. The van der Waals surface area contributed by atoms with Gasteiger partial charge < -0.3 is 10.2 Å². The van der Waals surface area contributed by atoms with Crippen LogP contribution in [0.25, 0.3) is 0 Å². The van der Waals surface area contributed by atoms with Crippen LogP contribution in [0.15, 0.2) is 18.2 Å². The Hall–Kier alpha value is -0.730. The highest BCUT2D eigenvalue weighted by molar-refractivity contribution is 6.30. The Morgan fingerprint density at radius 1 is 1.41 bits per heavy atom. The van der Waals surface area contributed by atoms with Gasteiger partial charge in [-0.25, -0.2) is 0 Å². The van der Waals surface area contributed by atoms with E-state index in [2.05, 4.69) is 36.3 Å². The molecule has 0 radical (unpaired) electrons. The zero-order valence-electron chi connectivity index (χ0n) is 10.7. The number of hydrogen-bond acceptors (Lipinski definition) is 2. The first-order chi connectivity index (χ1) is 8.22. The van der Waals surface area contributed by atoms with Crippen molar-refractivity contribution in [3.8, 4) is 0 Å². The molecule has 0 unspecified atom stereocenters. The van der Waals surface area contributed by atoms with Gasteiger partial charge in [0.25, 0.3) is 0 Å². The average Bonchev–Trinajstić information content (AvgIpc) is 2.23. The van der Waals surface area contributed by atoms with Crippen LogP contribution in [0.5, 0.6) is 0 Å². The standard InChI is InChI=1S/C14H21ClN2/c1-3-16-10-11-9-12(15)7-8-14(11)17(2)13-5-4-6-13/h7-9,13,16H,3-6,10H2,1-2H3. The second-order valence-corrected chi connectivity index (χ2v) is 5.19. The molecule has 0 amide bonds. The van der Waals surface area contributed by atoms with Crippen LogP contribution in [-0.4, -0.2) is 19.6 Å². The molecule has 2 rings (SSSR count). The van der Waals surface area contributed by atoms with E-state index in [1.54, 1.807) is 0 Å². The Labute approximate surface area is 109 Å². The van der Waals surface area contributed by atoms with Crippen molar-refractivity contribution in [3.05, 3.63) is 28.8 Å². The van der Waals surface area contributed by atoms with Gasteiger partial charge in [0.05, 0.1) is 0 Å². The minimum atomic E-state index is 0.719. The summed E-state index contributed by atoms with van der Waals surface area (Å²) in [4.78, 5) is 2.41. The van der Waals surface area contributed by atoms with Crippen LogP contribution < -0.4 is 10.2 Å². The third-order valence-electron chi connectivity index (χ3n) is 3.61. The first-order valence-electron chi connectivity index (χ1n) is 6.44. The van der Waals surface area contributed by atoms with Crippen LogP contribution in [0.4, 0.5) is 5.69 Å². The van der Waals surface area contributed by atoms with Gasteiger partial charge in [-0.1, -0.05) is 18.5 Å². The summed E-state index contributed by atoms with van der Waals surface area (Å²) in [5, 5.41) is 4.20. The number of hydrogen-bond donors (Lipinski definition) is 1. The first kappa shape index (κ1) is 12.7. The van der Waals surface area contributed by atoms with Crippen molar-refractivity contribution in [2.45, 2.75) is 38.8 Å². The second-order valence-electron chi connectivity index (χ2n) is 4.75. The Kier molecular flexibility index (Phi) is 4.30. The zero-order chi connectivity index (χ0) is 12.3. The fourth-order valence-electron chi connectivity index (χ4n) is 2.27. The molecule has 0 aromatic heterocycles. The van der Waals surface area contributed by atoms with E-state index in [9.17, 15) is 0 Å². The number of nitrogens with one attached hydrogen (secondary N) is 1. The molecule has 1 N–H and O–H groups in total. The molecule has 1 aromatic rings. The quantitative estimate of drug-likeness (QED) is 0.864. The third-order valence-corrected chi connectivity index (χ3v) is 3.84. The smallest absolute Gasteiger partial charge is 0.0412 e. The predicted octanol–water partition coefficient (Wildman–Crippen LogP) is 3.44. The molecule has 0 heterocycles. The lowest BCUT2D eigenvalue weighted by Crippen LogP contribution is -2.37. The molecule has 1 aromatic carbocycles. The summed E-state index contributed by atoms with van der Waals surface area (Å²) in [5.74, 6) is 0. The average molecular weight is 253 g/mol. The molecule has 0 bridgehead atoms. The zero-order valence-corrected chi connectivity index (χ0v) is 11.4. The summed E-state index contributed by atoms with van der Waals surface area (Å²) in [6.07, 6.45) is 4.00. The van der Waals surface area contributed by atoms with Crippen LogP contribution in [-0.2, 0) is 6.54 Å². The Balaban J connectivity index is 2.18. The molecule has 2 nitrogen and oxygen atoms in total. The third kappa shape index (κ3) is 2.93. The van der Waals surface area contributed by atoms with E-state index in [1.165, 1.54) is 30.5 Å². The number of rotatable bonds is 5. The topological polar surface area (TPSA) is 15.3 Å². The van der Waals surface area contributed by atoms with E-state index in [0.717, 1.165) is 24.2 Å². The van der Waals surface area contributed by atoms with Crippen molar-refractivity contribution >= 4 is 17.3 Å². The highest BCUT2D eigenvalue weighted by Gasteiger charge is 2.23. The molecular formula is C14H21ClN2. The Morgan fingerprint density at radius 2 is 2.18 bits per heavy atom. The number of benzene rings is 1. The normalized spacial score (nSPS) is 15.7. The van der Waals surface area contributed by atoms with Crippen molar-refractivity contribution < 1.29 is 0 Å². The summed E-state index contributed by atoms with van der Waals surface area (Å²) >= 11 is 6.08. The SMILES string of the molecule is CCNCc1cc(Cl)ccc1N(C)C1CCC1. The molecule has 3 heteroatoms. The molecule has 1 aliphatic carbocycles. The van der Waals surface area contributed by atoms with Crippen molar-refractivity contribution in [1.82, 2.24) is 5.32 Å². The van der Waals surface area contributed by atoms with E-state index < -0.39 is 0 Å². The summed E-state index contributed by atoms with van der Waals surface area (Å²) in [6.45, 7) is 4.00. The molecule has 1 fully saturated rings. The monoisotopic (exact) mass is 252 g/mol. The molecule has 1 aliphatic rings. The van der Waals surface area contributed by atoms with Gasteiger partial charge in [0.2, 0.25) is 0 Å². The van der Waals surface area contributed by atoms with E-state index in [1.807, 2.05) is 6.07 Å². The fourth-order valence-corrected chi connectivity index (χ4v) is 2.46. The minimum Gasteiger partial charge on any atom is -0.371 e. The second kappa shape index (κ2) is 5.74. The fraction of sp³-hybridized carbons (Fsp3) is 0.571. The maximum absolute atomic E-state index is 6.08. The largest absolute Gasteiger partial charge is 0.371 e. The minimum absolute atomic E-state index is 0.719. The van der Waals surface area contributed by atoms with Crippen LogP contribution in [0.1, 0.15) is 31.7 Å². The van der Waals surface area contributed by atoms with Gasteiger partial charge in [-0.2, -0.15) is 0 Å². The molecule has 1 saturated carbocycles. The van der Waals surface area contributed by atoms with E-state index in [-0.39, 0.29) is 0 Å². The van der Waals surface area contributed by atoms with Crippen LogP contribution in [0, 0.1) is 0 Å². The summed E-state index contributed by atoms with van der Waals surface area (Å²) in [5.41, 5.74) is 2.62. The molecule has 0 spiro atoms. The Bertz CT molecular complexity index is 374. The van der Waals surface area contributed by atoms with Crippen LogP contribution in [0.2, 0.25) is 5.02 Å². The van der Waals surface area contributed by atoms with Crippen LogP contribution >= 0.6 is 11.6 Å². The predicted molar refractivity (Wildman–Crippen MR) is 74.9 cm³/mol. The van der Waals surface area contributed by atoms with Gasteiger partial charge in [-0.3, -0.25) is 0 Å². The molecule has 0 saturated heterocycles. The lowest BCUT2D eigenvalue weighted by Gasteiger charge is -2.37. The van der Waals surface area contributed by atoms with E-state index in [4.69, 9.17) is 11.6 Å². The molecule has 0 aliphatic heterocycles. The van der Waals surface area contributed by atoms with Crippen molar-refractivity contribution in [3.63, 3.8) is 0 Å². The summed E-state index contributed by atoms with van der Waals surface area (Å²) < 4.78 is 0. The maximum atomic E-state index is 6.08. The maximum Gasteiger partial charge on any atom is 0.0412 e. The molecule has 94 valence electrons. The van der Waals surface area contributed by atoms with E-state index >= 15 is 0 Å². The van der Waals surface area contributed by atoms with Gasteiger partial charge in [0, 0.05) is 30.3 Å². The highest BCUT2D eigenvalue weighted by Crippen LogP contribution is 2.31. The van der Waals surface area contributed by atoms with Crippen LogP contribution in [0.3, 0.4) is 0 Å². The summed E-state index contributed by atoms with van der Waals surface area (Å²) in [7, 11) is 2.20. The van der Waals surface area contributed by atoms with Gasteiger partial charge in [-0.05, 0) is 49.6 Å². The van der Waals surface area contributed by atoms with E-state index in [0.29, 0.717) is 0 Å². The van der Waals surface area contributed by atoms with Gasteiger partial charge in [0.15, 0.2) is 0 Å². The van der Waals surface area contributed by atoms with Crippen molar-refractivity contribution in [2.75, 3.05) is 18.5 Å². The molecule has 0 atom stereocenters. The Morgan fingerprint density at radius 3 is 2.76 bits per heavy atom. The lowest BCUT2D eigenvalue weighted by atomic mass is 9.91. The highest BCUT2D eigenvalue weighted by atomic mass is 35.5. The first-order valence-corrected chi connectivity index (χ1v) is 6.82. The molecular weight excluding hydrogens is 232 g/mol. The molecule has 17 heavy (non-hydrogen) atoms.